The van der Waals surface area contributed by atoms with Crippen LogP contribution in [0, 0.1) is 0 Å². The van der Waals surface area contributed by atoms with E-state index in [-0.39, 0.29) is 5.97 Å². The van der Waals surface area contributed by atoms with E-state index in [1.807, 2.05) is 0 Å². The third-order valence-corrected chi connectivity index (χ3v) is 1.65. The molecule has 0 amide bonds. The molecule has 1 aromatic heterocycles. The lowest BCUT2D eigenvalue weighted by Crippen LogP contribution is -1.96. The molecule has 0 unspecified atom stereocenters. The molecular weight excluding hydrogens is 150 g/mol. The van der Waals surface area contributed by atoms with Gasteiger partial charge in [0, 0.05) is 13.1 Å². The number of nitrogens with zero attached hydrogens (tertiary/aromatic N) is 1. The highest BCUT2D eigenvalue weighted by Gasteiger charge is 1.95. The van der Waals surface area contributed by atoms with Crippen molar-refractivity contribution in [2.75, 3.05) is 0 Å². The standard InChI is InChI=1S/C6H7NO2S/c1-5(8)9-3-6-2-7-4-10-6/h2,4H,3H2,1H3. The molecule has 1 heterocycles. The van der Waals surface area contributed by atoms with Gasteiger partial charge in [0.25, 0.3) is 0 Å². The fourth-order valence-electron chi connectivity index (χ4n) is 0.486. The van der Waals surface area contributed by atoms with Crippen molar-refractivity contribution in [3.63, 3.8) is 0 Å². The molecule has 0 saturated heterocycles. The molecule has 3 nitrogen and oxygen atoms in total. The molecule has 0 aliphatic rings. The Kier molecular flexibility index (Phi) is 2.39. The average Bonchev–Trinajstić information content (AvgIpc) is 2.34. The van der Waals surface area contributed by atoms with Crippen molar-refractivity contribution in [1.29, 1.82) is 0 Å². The van der Waals surface area contributed by atoms with E-state index in [0.29, 0.717) is 6.61 Å². The summed E-state index contributed by atoms with van der Waals surface area (Å²) in [5.41, 5.74) is 1.71. The molecule has 1 rings (SSSR count). The van der Waals surface area contributed by atoms with Gasteiger partial charge in [-0.25, -0.2) is 0 Å². The van der Waals surface area contributed by atoms with E-state index < -0.39 is 0 Å². The minimum Gasteiger partial charge on any atom is -0.460 e. The minimum absolute atomic E-state index is 0.256. The van der Waals surface area contributed by atoms with E-state index in [0.717, 1.165) is 4.88 Å². The van der Waals surface area contributed by atoms with Crippen molar-refractivity contribution in [2.24, 2.45) is 0 Å². The molecule has 0 saturated carbocycles. The van der Waals surface area contributed by atoms with Crippen LogP contribution in [0.4, 0.5) is 0 Å². The van der Waals surface area contributed by atoms with Gasteiger partial charge in [0.2, 0.25) is 0 Å². The predicted octanol–water partition coefficient (Wildman–Crippen LogP) is 1.21. The van der Waals surface area contributed by atoms with Gasteiger partial charge in [-0.05, 0) is 0 Å². The van der Waals surface area contributed by atoms with Crippen molar-refractivity contribution in [3.8, 4) is 0 Å². The quantitative estimate of drug-likeness (QED) is 0.605. The van der Waals surface area contributed by atoms with E-state index in [2.05, 4.69) is 4.98 Å². The molecule has 0 spiro atoms. The highest BCUT2D eigenvalue weighted by Crippen LogP contribution is 2.06. The van der Waals surface area contributed by atoms with Crippen LogP contribution < -0.4 is 0 Å². The van der Waals surface area contributed by atoms with E-state index in [4.69, 9.17) is 4.74 Å². The first-order valence-electron chi connectivity index (χ1n) is 2.80. The Morgan fingerprint density at radius 3 is 3.20 bits per heavy atom. The van der Waals surface area contributed by atoms with Crippen molar-refractivity contribution < 1.29 is 9.53 Å². The van der Waals surface area contributed by atoms with Crippen LogP contribution >= 0.6 is 11.3 Å². The first kappa shape index (κ1) is 7.21. The number of esters is 1. The molecule has 0 fully saturated rings. The summed E-state index contributed by atoms with van der Waals surface area (Å²) in [5.74, 6) is -0.256. The Bertz CT molecular complexity index is 208. The number of carbonyl (C=O) groups excluding carboxylic acids is 1. The number of ether oxygens (including phenoxy) is 1. The number of hydrogen-bond acceptors (Lipinski definition) is 4. The highest BCUT2D eigenvalue weighted by molar-refractivity contribution is 7.09. The molecule has 1 aromatic rings. The van der Waals surface area contributed by atoms with Gasteiger partial charge in [-0.1, -0.05) is 0 Å². The maximum Gasteiger partial charge on any atom is 0.302 e. The molecule has 0 atom stereocenters. The van der Waals surface area contributed by atoms with E-state index in [1.165, 1.54) is 18.3 Å². The lowest BCUT2D eigenvalue weighted by atomic mass is 10.6. The number of hydrogen-bond donors (Lipinski definition) is 0. The first-order chi connectivity index (χ1) is 4.79. The minimum atomic E-state index is -0.256. The van der Waals surface area contributed by atoms with Crippen LogP contribution in [-0.4, -0.2) is 11.0 Å². The largest absolute Gasteiger partial charge is 0.460 e. The van der Waals surface area contributed by atoms with Gasteiger partial charge in [0.05, 0.1) is 10.4 Å². The average molecular weight is 157 g/mol. The zero-order valence-corrected chi connectivity index (χ0v) is 6.35. The monoisotopic (exact) mass is 157 g/mol. The van der Waals surface area contributed by atoms with Crippen LogP contribution in [0.2, 0.25) is 0 Å². The summed E-state index contributed by atoms with van der Waals surface area (Å²) in [6, 6.07) is 0. The second-order valence-electron chi connectivity index (χ2n) is 1.75. The Balaban J connectivity index is 2.35. The summed E-state index contributed by atoms with van der Waals surface area (Å²) in [7, 11) is 0. The normalized spacial score (nSPS) is 9.30. The van der Waals surface area contributed by atoms with E-state index in [1.54, 1.807) is 11.7 Å². The zero-order valence-electron chi connectivity index (χ0n) is 5.53. The number of thiazole rings is 1. The lowest BCUT2D eigenvalue weighted by Gasteiger charge is -1.95. The summed E-state index contributed by atoms with van der Waals surface area (Å²) in [6.07, 6.45) is 1.69. The molecular formula is C6H7NO2S. The van der Waals surface area contributed by atoms with Crippen LogP contribution in [-0.2, 0) is 16.1 Å². The van der Waals surface area contributed by atoms with Gasteiger partial charge in [-0.15, -0.1) is 11.3 Å². The van der Waals surface area contributed by atoms with Crippen molar-refractivity contribution in [2.45, 2.75) is 13.5 Å². The number of rotatable bonds is 2. The van der Waals surface area contributed by atoms with Crippen LogP contribution in [0.3, 0.4) is 0 Å². The Hall–Kier alpha value is -0.900. The second-order valence-corrected chi connectivity index (χ2v) is 2.72. The SMILES string of the molecule is CC(=O)OCc1cncs1. The molecule has 0 aliphatic carbocycles. The highest BCUT2D eigenvalue weighted by atomic mass is 32.1. The second kappa shape index (κ2) is 3.31. The first-order valence-corrected chi connectivity index (χ1v) is 3.68. The van der Waals surface area contributed by atoms with Crippen molar-refractivity contribution >= 4 is 17.3 Å². The summed E-state index contributed by atoms with van der Waals surface area (Å²) < 4.78 is 4.72. The summed E-state index contributed by atoms with van der Waals surface area (Å²) in [5, 5.41) is 0. The van der Waals surface area contributed by atoms with Crippen molar-refractivity contribution in [3.05, 3.63) is 16.6 Å². The fraction of sp³-hybridized carbons (Fsp3) is 0.333. The van der Waals surface area contributed by atoms with Gasteiger partial charge in [-0.3, -0.25) is 9.78 Å². The number of carbonyl (C=O) groups is 1. The predicted molar refractivity (Wildman–Crippen MR) is 37.6 cm³/mol. The van der Waals surface area contributed by atoms with Crippen LogP contribution in [0.25, 0.3) is 0 Å². The smallest absolute Gasteiger partial charge is 0.302 e. The van der Waals surface area contributed by atoms with Crippen molar-refractivity contribution in [1.82, 2.24) is 4.98 Å². The molecule has 10 heavy (non-hydrogen) atoms. The maximum absolute atomic E-state index is 10.3. The Morgan fingerprint density at radius 2 is 2.70 bits per heavy atom. The van der Waals surface area contributed by atoms with Gasteiger partial charge >= 0.3 is 5.97 Å². The van der Waals surface area contributed by atoms with E-state index >= 15 is 0 Å². The summed E-state index contributed by atoms with van der Waals surface area (Å²) >= 11 is 1.48. The van der Waals surface area contributed by atoms with Gasteiger partial charge in [0.15, 0.2) is 0 Å². The van der Waals surface area contributed by atoms with Gasteiger partial charge in [0.1, 0.15) is 6.61 Å². The van der Waals surface area contributed by atoms with Crippen LogP contribution in [0.1, 0.15) is 11.8 Å². The fourth-order valence-corrected chi connectivity index (χ4v) is 0.992. The molecule has 0 aromatic carbocycles. The van der Waals surface area contributed by atoms with E-state index in [9.17, 15) is 4.79 Å². The third-order valence-electron chi connectivity index (χ3n) is 0.901. The number of aromatic nitrogens is 1. The summed E-state index contributed by atoms with van der Waals surface area (Å²) in [4.78, 5) is 15.1. The maximum atomic E-state index is 10.3. The Morgan fingerprint density at radius 1 is 1.90 bits per heavy atom. The molecule has 0 N–H and O–H groups in total. The molecule has 0 bridgehead atoms. The molecule has 54 valence electrons. The van der Waals surface area contributed by atoms with Gasteiger partial charge in [-0.2, -0.15) is 0 Å². The van der Waals surface area contributed by atoms with Crippen LogP contribution in [0.15, 0.2) is 11.7 Å². The third kappa shape index (κ3) is 2.14. The molecule has 4 heteroatoms. The summed E-state index contributed by atoms with van der Waals surface area (Å²) in [6.45, 7) is 1.74. The topological polar surface area (TPSA) is 39.2 Å². The zero-order chi connectivity index (χ0) is 7.40. The Labute approximate surface area is 62.7 Å². The molecule has 0 radical (unpaired) electrons. The van der Waals surface area contributed by atoms with Gasteiger partial charge < -0.3 is 4.74 Å². The van der Waals surface area contributed by atoms with Crippen LogP contribution in [0.5, 0.6) is 0 Å². The molecule has 0 aliphatic heterocycles. The lowest BCUT2D eigenvalue weighted by molar-refractivity contribution is -0.142.